The number of aromatic nitrogens is 2. The minimum atomic E-state index is -0.294. The van der Waals surface area contributed by atoms with Gasteiger partial charge in [-0.05, 0) is 49.4 Å². The average Bonchev–Trinajstić information content (AvgIpc) is 2.73. The van der Waals surface area contributed by atoms with Crippen molar-refractivity contribution in [1.29, 1.82) is 0 Å². The molecule has 4 rings (SSSR count). The summed E-state index contributed by atoms with van der Waals surface area (Å²) in [6.45, 7) is 4.59. The lowest BCUT2D eigenvalue weighted by atomic mass is 9.86. The zero-order chi connectivity index (χ0) is 20.4. The number of nitrogens with one attached hydrogen (secondary N) is 1. The highest BCUT2D eigenvalue weighted by molar-refractivity contribution is 5.97. The maximum Gasteiger partial charge on any atom is 0.265 e. The minimum absolute atomic E-state index is 0.130. The van der Waals surface area contributed by atoms with Crippen LogP contribution in [-0.2, 0) is 6.54 Å². The van der Waals surface area contributed by atoms with Crippen LogP contribution < -0.4 is 10.9 Å². The first-order valence-corrected chi connectivity index (χ1v) is 10.4. The molecule has 2 aromatic heterocycles. The third kappa shape index (κ3) is 4.09. The summed E-state index contributed by atoms with van der Waals surface area (Å²) in [5.74, 6) is 0.154. The molecule has 3 aromatic rings. The van der Waals surface area contributed by atoms with E-state index >= 15 is 0 Å². The molecule has 0 aliphatic heterocycles. The number of fused-ring (bicyclic) bond motifs is 1. The lowest BCUT2D eigenvalue weighted by molar-refractivity contribution is 0.0908. The van der Waals surface area contributed by atoms with Crippen molar-refractivity contribution in [1.82, 2.24) is 14.9 Å². The number of amides is 1. The van der Waals surface area contributed by atoms with Crippen LogP contribution in [0.1, 0.15) is 54.1 Å². The number of carbonyl (C=O) groups is 1. The molecule has 1 amide bonds. The van der Waals surface area contributed by atoms with E-state index in [1.807, 2.05) is 43.3 Å². The fraction of sp³-hybridized carbons (Fsp3) is 0.375. The highest BCUT2D eigenvalue weighted by atomic mass is 16.2. The Labute approximate surface area is 170 Å². The van der Waals surface area contributed by atoms with Gasteiger partial charge in [0.1, 0.15) is 11.2 Å². The highest BCUT2D eigenvalue weighted by Gasteiger charge is 2.25. The lowest BCUT2D eigenvalue weighted by Crippen LogP contribution is -2.43. The fourth-order valence-electron chi connectivity index (χ4n) is 4.17. The summed E-state index contributed by atoms with van der Waals surface area (Å²) < 4.78 is 1.61. The lowest BCUT2D eigenvalue weighted by Gasteiger charge is -2.29. The van der Waals surface area contributed by atoms with Crippen molar-refractivity contribution in [2.45, 2.75) is 52.1 Å². The number of pyridine rings is 2. The van der Waals surface area contributed by atoms with Gasteiger partial charge in [-0.3, -0.25) is 14.2 Å². The number of rotatable bonds is 4. The molecule has 5 nitrogen and oxygen atoms in total. The molecule has 29 heavy (non-hydrogen) atoms. The molecule has 0 unspecified atom stereocenters. The van der Waals surface area contributed by atoms with Crippen molar-refractivity contribution in [2.75, 3.05) is 0 Å². The van der Waals surface area contributed by atoms with E-state index in [2.05, 4.69) is 17.2 Å². The van der Waals surface area contributed by atoms with Crippen molar-refractivity contribution >= 4 is 16.9 Å². The first kappa shape index (κ1) is 19.4. The largest absolute Gasteiger partial charge is 0.349 e. The normalized spacial score (nSPS) is 19.2. The van der Waals surface area contributed by atoms with Crippen LogP contribution in [0.4, 0.5) is 0 Å². The van der Waals surface area contributed by atoms with E-state index in [-0.39, 0.29) is 23.1 Å². The number of hydrogen-bond acceptors (Lipinski definition) is 3. The van der Waals surface area contributed by atoms with Crippen LogP contribution in [0.3, 0.4) is 0 Å². The van der Waals surface area contributed by atoms with E-state index in [1.165, 1.54) is 12.0 Å². The first-order valence-electron chi connectivity index (χ1n) is 10.4. The molecule has 1 N–H and O–H groups in total. The third-order valence-electron chi connectivity index (χ3n) is 5.98. The van der Waals surface area contributed by atoms with E-state index < -0.39 is 0 Å². The van der Waals surface area contributed by atoms with Gasteiger partial charge in [-0.1, -0.05) is 49.6 Å². The number of carbonyl (C=O) groups excluding carboxylic acids is 1. The van der Waals surface area contributed by atoms with Crippen molar-refractivity contribution in [3.05, 3.63) is 75.7 Å². The molecule has 0 saturated heterocycles. The third-order valence-corrected chi connectivity index (χ3v) is 5.98. The smallest absolute Gasteiger partial charge is 0.265 e. The van der Waals surface area contributed by atoms with E-state index in [1.54, 1.807) is 16.8 Å². The van der Waals surface area contributed by atoms with Crippen LogP contribution in [0.25, 0.3) is 11.0 Å². The van der Waals surface area contributed by atoms with Crippen LogP contribution in [0, 0.1) is 12.8 Å². The van der Waals surface area contributed by atoms with E-state index in [9.17, 15) is 9.59 Å². The van der Waals surface area contributed by atoms with Crippen molar-refractivity contribution in [2.24, 2.45) is 5.92 Å². The summed E-state index contributed by atoms with van der Waals surface area (Å²) in [4.78, 5) is 30.7. The van der Waals surface area contributed by atoms with Gasteiger partial charge in [-0.15, -0.1) is 0 Å². The number of hydrogen-bond donors (Lipinski definition) is 1. The van der Waals surface area contributed by atoms with Crippen LogP contribution >= 0.6 is 0 Å². The summed E-state index contributed by atoms with van der Waals surface area (Å²) in [7, 11) is 0. The molecule has 1 aromatic carbocycles. The zero-order valence-electron chi connectivity index (χ0n) is 17.0. The van der Waals surface area contributed by atoms with Crippen molar-refractivity contribution < 1.29 is 4.79 Å². The quantitative estimate of drug-likeness (QED) is 0.732. The number of benzene rings is 1. The monoisotopic (exact) mass is 389 g/mol. The molecule has 0 radical (unpaired) electrons. The molecule has 1 fully saturated rings. The van der Waals surface area contributed by atoms with E-state index in [0.717, 1.165) is 30.2 Å². The summed E-state index contributed by atoms with van der Waals surface area (Å²) in [5, 5.41) is 3.91. The molecule has 1 saturated carbocycles. The predicted octanol–water partition coefficient (Wildman–Crippen LogP) is 4.06. The van der Waals surface area contributed by atoms with Gasteiger partial charge in [0.25, 0.3) is 11.5 Å². The Morgan fingerprint density at radius 3 is 2.69 bits per heavy atom. The molecular weight excluding hydrogens is 362 g/mol. The van der Waals surface area contributed by atoms with E-state index in [4.69, 9.17) is 0 Å². The molecule has 0 bridgehead atoms. The maximum absolute atomic E-state index is 13.3. The second-order valence-electron chi connectivity index (χ2n) is 8.19. The SMILES string of the molecule is Cc1ccc(Cn2c(=O)c(C(=O)N[C@@H]3CCCC[C@H]3C)cc3cccnc32)cc1. The van der Waals surface area contributed by atoms with Gasteiger partial charge in [-0.25, -0.2) is 4.98 Å². The standard InChI is InChI=1S/C24H27N3O2/c1-16-9-11-18(12-10-16)15-27-22-19(7-5-13-25-22)14-20(24(27)29)23(28)26-21-8-4-3-6-17(21)2/h5,7,9-14,17,21H,3-4,6,8,15H2,1-2H3,(H,26,28)/t17-,21-/m1/s1. The Balaban J connectivity index is 1.72. The summed E-state index contributed by atoms with van der Waals surface area (Å²) in [5.41, 5.74) is 2.66. The van der Waals surface area contributed by atoms with E-state index in [0.29, 0.717) is 18.1 Å². The molecule has 150 valence electrons. The van der Waals surface area contributed by atoms with Gasteiger partial charge in [-0.2, -0.15) is 0 Å². The molecular formula is C24H27N3O2. The molecule has 2 heterocycles. The first-order chi connectivity index (χ1) is 14.0. The Hall–Kier alpha value is -2.95. The van der Waals surface area contributed by atoms with Gasteiger partial charge >= 0.3 is 0 Å². The van der Waals surface area contributed by atoms with Crippen LogP contribution in [0.2, 0.25) is 0 Å². The van der Waals surface area contributed by atoms with Gasteiger partial charge in [0.05, 0.1) is 6.54 Å². The predicted molar refractivity (Wildman–Crippen MR) is 115 cm³/mol. The maximum atomic E-state index is 13.3. The summed E-state index contributed by atoms with van der Waals surface area (Å²) in [6, 6.07) is 13.6. The van der Waals surface area contributed by atoms with Crippen LogP contribution in [-0.4, -0.2) is 21.5 Å². The topological polar surface area (TPSA) is 64.0 Å². The Kier molecular flexibility index (Phi) is 5.47. The van der Waals surface area contributed by atoms with Crippen molar-refractivity contribution in [3.8, 4) is 0 Å². The molecule has 2 atom stereocenters. The zero-order valence-corrected chi connectivity index (χ0v) is 17.0. The molecule has 5 heteroatoms. The molecule has 1 aliphatic rings. The van der Waals surface area contributed by atoms with Gasteiger partial charge < -0.3 is 5.32 Å². The van der Waals surface area contributed by atoms with Gasteiger partial charge in [0, 0.05) is 17.6 Å². The highest BCUT2D eigenvalue weighted by Crippen LogP contribution is 2.24. The second-order valence-corrected chi connectivity index (χ2v) is 8.19. The number of nitrogens with zero attached hydrogens (tertiary/aromatic N) is 2. The summed E-state index contributed by atoms with van der Waals surface area (Å²) in [6.07, 6.45) is 6.09. The Bertz CT molecular complexity index is 1090. The van der Waals surface area contributed by atoms with Crippen LogP contribution in [0.15, 0.2) is 53.5 Å². The Morgan fingerprint density at radius 1 is 1.17 bits per heavy atom. The fourth-order valence-corrected chi connectivity index (χ4v) is 4.17. The Morgan fingerprint density at radius 2 is 1.93 bits per heavy atom. The average molecular weight is 389 g/mol. The summed E-state index contributed by atoms with van der Waals surface area (Å²) >= 11 is 0. The molecule has 1 aliphatic carbocycles. The van der Waals surface area contributed by atoms with Crippen LogP contribution in [0.5, 0.6) is 0 Å². The second kappa shape index (κ2) is 8.19. The number of aryl methyl sites for hydroxylation is 1. The van der Waals surface area contributed by atoms with Crippen molar-refractivity contribution in [3.63, 3.8) is 0 Å². The van der Waals surface area contributed by atoms with Gasteiger partial charge in [0.2, 0.25) is 0 Å². The minimum Gasteiger partial charge on any atom is -0.349 e. The van der Waals surface area contributed by atoms with Gasteiger partial charge in [0.15, 0.2) is 0 Å². The molecule has 0 spiro atoms.